The maximum Gasteiger partial charge on any atom is 0.129 e. The SMILES string of the molecule is NCC1(Cc2c(F)cccc2F)CC2CCC1O2. The summed E-state index contributed by atoms with van der Waals surface area (Å²) in [5.74, 6) is -0.962. The van der Waals surface area contributed by atoms with E-state index in [0.717, 1.165) is 19.3 Å². The molecule has 0 amide bonds. The van der Waals surface area contributed by atoms with Crippen LogP contribution in [-0.2, 0) is 11.2 Å². The quantitative estimate of drug-likeness (QED) is 0.897. The van der Waals surface area contributed by atoms with Crippen LogP contribution in [-0.4, -0.2) is 18.8 Å². The Balaban J connectivity index is 1.91. The zero-order valence-corrected chi connectivity index (χ0v) is 10.2. The van der Waals surface area contributed by atoms with Gasteiger partial charge in [-0.05, 0) is 37.8 Å². The van der Waals surface area contributed by atoms with Gasteiger partial charge in [-0.3, -0.25) is 0 Å². The summed E-state index contributed by atoms with van der Waals surface area (Å²) in [5, 5.41) is 0. The van der Waals surface area contributed by atoms with Gasteiger partial charge in [0.15, 0.2) is 0 Å². The minimum Gasteiger partial charge on any atom is -0.374 e. The first-order valence-electron chi connectivity index (χ1n) is 6.43. The summed E-state index contributed by atoms with van der Waals surface area (Å²) < 4.78 is 33.3. The molecule has 2 heterocycles. The molecule has 0 saturated carbocycles. The van der Waals surface area contributed by atoms with Crippen molar-refractivity contribution >= 4 is 0 Å². The molecule has 2 bridgehead atoms. The normalized spacial score (nSPS) is 34.2. The van der Waals surface area contributed by atoms with Crippen LogP contribution in [0.25, 0.3) is 0 Å². The van der Waals surface area contributed by atoms with Crippen molar-refractivity contribution in [3.63, 3.8) is 0 Å². The van der Waals surface area contributed by atoms with E-state index in [4.69, 9.17) is 10.5 Å². The Morgan fingerprint density at radius 2 is 2.00 bits per heavy atom. The molecule has 2 aliphatic heterocycles. The molecule has 2 saturated heterocycles. The fourth-order valence-electron chi connectivity index (χ4n) is 3.42. The smallest absolute Gasteiger partial charge is 0.129 e. The Bertz CT molecular complexity index is 445. The minimum absolute atomic E-state index is 0.0616. The highest BCUT2D eigenvalue weighted by molar-refractivity contribution is 5.23. The topological polar surface area (TPSA) is 35.2 Å². The lowest BCUT2D eigenvalue weighted by Gasteiger charge is -2.34. The number of ether oxygens (including phenoxy) is 1. The van der Waals surface area contributed by atoms with Crippen LogP contribution >= 0.6 is 0 Å². The Morgan fingerprint density at radius 1 is 1.28 bits per heavy atom. The molecule has 1 aromatic carbocycles. The van der Waals surface area contributed by atoms with Gasteiger partial charge in [0.1, 0.15) is 11.6 Å². The third-order valence-corrected chi connectivity index (χ3v) is 4.42. The number of halogens is 2. The first kappa shape index (κ1) is 12.1. The lowest BCUT2D eigenvalue weighted by molar-refractivity contribution is 0.0630. The fourth-order valence-corrected chi connectivity index (χ4v) is 3.42. The third-order valence-electron chi connectivity index (χ3n) is 4.42. The van der Waals surface area contributed by atoms with Crippen molar-refractivity contribution in [3.8, 4) is 0 Å². The van der Waals surface area contributed by atoms with E-state index in [9.17, 15) is 8.78 Å². The van der Waals surface area contributed by atoms with Crippen LogP contribution in [0.15, 0.2) is 18.2 Å². The van der Waals surface area contributed by atoms with Crippen molar-refractivity contribution in [2.24, 2.45) is 11.1 Å². The third kappa shape index (κ3) is 1.75. The van der Waals surface area contributed by atoms with Gasteiger partial charge in [-0.25, -0.2) is 8.78 Å². The Labute approximate surface area is 105 Å². The van der Waals surface area contributed by atoms with E-state index in [2.05, 4.69) is 0 Å². The van der Waals surface area contributed by atoms with Crippen LogP contribution in [0.1, 0.15) is 24.8 Å². The monoisotopic (exact) mass is 253 g/mol. The van der Waals surface area contributed by atoms with Crippen molar-refractivity contribution in [1.29, 1.82) is 0 Å². The average Bonchev–Trinajstić information content (AvgIpc) is 2.95. The van der Waals surface area contributed by atoms with Crippen LogP contribution in [0.2, 0.25) is 0 Å². The van der Waals surface area contributed by atoms with Gasteiger partial charge < -0.3 is 10.5 Å². The van der Waals surface area contributed by atoms with Crippen molar-refractivity contribution in [2.45, 2.75) is 37.9 Å². The maximum atomic E-state index is 13.7. The highest BCUT2D eigenvalue weighted by Gasteiger charge is 2.51. The molecule has 2 nitrogen and oxygen atoms in total. The van der Waals surface area contributed by atoms with Crippen molar-refractivity contribution in [3.05, 3.63) is 35.4 Å². The van der Waals surface area contributed by atoms with Gasteiger partial charge in [0.2, 0.25) is 0 Å². The van der Waals surface area contributed by atoms with Crippen LogP contribution in [0.3, 0.4) is 0 Å². The second kappa shape index (κ2) is 4.28. The molecule has 2 fully saturated rings. The van der Waals surface area contributed by atoms with Crippen LogP contribution < -0.4 is 5.73 Å². The Morgan fingerprint density at radius 3 is 2.50 bits per heavy atom. The molecule has 4 heteroatoms. The van der Waals surface area contributed by atoms with Gasteiger partial charge in [-0.2, -0.15) is 0 Å². The van der Waals surface area contributed by atoms with E-state index in [1.165, 1.54) is 18.2 Å². The summed E-state index contributed by atoms with van der Waals surface area (Å²) in [6, 6.07) is 3.99. The molecule has 0 aliphatic carbocycles. The van der Waals surface area contributed by atoms with Gasteiger partial charge in [0.05, 0.1) is 12.2 Å². The highest BCUT2D eigenvalue weighted by Crippen LogP contribution is 2.49. The van der Waals surface area contributed by atoms with Crippen LogP contribution in [0.5, 0.6) is 0 Å². The van der Waals surface area contributed by atoms with Crippen molar-refractivity contribution in [2.75, 3.05) is 6.54 Å². The lowest BCUT2D eigenvalue weighted by atomic mass is 9.70. The zero-order chi connectivity index (χ0) is 12.8. The molecule has 3 atom stereocenters. The van der Waals surface area contributed by atoms with E-state index in [-0.39, 0.29) is 23.2 Å². The molecule has 0 aromatic heterocycles. The van der Waals surface area contributed by atoms with Gasteiger partial charge in [-0.1, -0.05) is 6.07 Å². The number of hydrogen-bond acceptors (Lipinski definition) is 2. The zero-order valence-electron chi connectivity index (χ0n) is 10.2. The molecule has 18 heavy (non-hydrogen) atoms. The predicted molar refractivity (Wildman–Crippen MR) is 64.1 cm³/mol. The van der Waals surface area contributed by atoms with Gasteiger partial charge in [-0.15, -0.1) is 0 Å². The van der Waals surface area contributed by atoms with E-state index in [1.807, 2.05) is 0 Å². The molecular weight excluding hydrogens is 236 g/mol. The number of rotatable bonds is 3. The van der Waals surface area contributed by atoms with Crippen molar-refractivity contribution in [1.82, 2.24) is 0 Å². The molecular formula is C14H17F2NO. The molecule has 98 valence electrons. The molecule has 2 N–H and O–H groups in total. The van der Waals surface area contributed by atoms with Gasteiger partial charge in [0, 0.05) is 17.5 Å². The average molecular weight is 253 g/mol. The first-order chi connectivity index (χ1) is 8.64. The number of hydrogen-bond donors (Lipinski definition) is 1. The van der Waals surface area contributed by atoms with E-state index in [0.29, 0.717) is 13.0 Å². The molecule has 0 spiro atoms. The number of benzene rings is 1. The predicted octanol–water partition coefficient (Wildman–Crippen LogP) is 2.40. The maximum absolute atomic E-state index is 13.7. The molecule has 0 radical (unpaired) electrons. The second-order valence-electron chi connectivity index (χ2n) is 5.47. The summed E-state index contributed by atoms with van der Waals surface area (Å²) in [6.45, 7) is 0.419. The standard InChI is InChI=1S/C14H17F2NO/c15-11-2-1-3-12(16)10(11)7-14(8-17)6-9-4-5-13(14)18-9/h1-3,9,13H,4-8,17H2. The lowest BCUT2D eigenvalue weighted by Crippen LogP contribution is -2.41. The van der Waals surface area contributed by atoms with Gasteiger partial charge in [0.25, 0.3) is 0 Å². The number of nitrogens with two attached hydrogens (primary N) is 1. The summed E-state index contributed by atoms with van der Waals surface area (Å²) in [6.07, 6.45) is 3.45. The van der Waals surface area contributed by atoms with Crippen LogP contribution in [0.4, 0.5) is 8.78 Å². The summed E-state index contributed by atoms with van der Waals surface area (Å²) in [4.78, 5) is 0. The second-order valence-corrected chi connectivity index (χ2v) is 5.47. The molecule has 3 rings (SSSR count). The van der Waals surface area contributed by atoms with E-state index >= 15 is 0 Å². The summed E-state index contributed by atoms with van der Waals surface area (Å²) in [7, 11) is 0. The van der Waals surface area contributed by atoms with Crippen LogP contribution in [0, 0.1) is 17.0 Å². The number of fused-ring (bicyclic) bond motifs is 2. The van der Waals surface area contributed by atoms with E-state index < -0.39 is 11.6 Å². The largest absolute Gasteiger partial charge is 0.374 e. The summed E-state index contributed by atoms with van der Waals surface area (Å²) >= 11 is 0. The summed E-state index contributed by atoms with van der Waals surface area (Å²) in [5.41, 5.74) is 5.74. The molecule has 3 unspecified atom stereocenters. The minimum atomic E-state index is -0.481. The van der Waals surface area contributed by atoms with E-state index in [1.54, 1.807) is 0 Å². The molecule has 2 aliphatic rings. The highest BCUT2D eigenvalue weighted by atomic mass is 19.1. The Hall–Kier alpha value is -1.00. The fraction of sp³-hybridized carbons (Fsp3) is 0.571. The van der Waals surface area contributed by atoms with Gasteiger partial charge >= 0.3 is 0 Å². The molecule has 1 aromatic rings. The first-order valence-corrected chi connectivity index (χ1v) is 6.43. The van der Waals surface area contributed by atoms with Crippen molar-refractivity contribution < 1.29 is 13.5 Å². The Kier molecular flexibility index (Phi) is 2.87.